The third-order valence-corrected chi connectivity index (χ3v) is 2.77. The number of amides is 1. The molecule has 0 fully saturated rings. The van der Waals surface area contributed by atoms with Crippen LogP contribution in [0.4, 0.5) is 5.69 Å². The van der Waals surface area contributed by atoms with Gasteiger partial charge in [0.2, 0.25) is 5.91 Å². The molecular formula is C13H14N4O. The van der Waals surface area contributed by atoms with Crippen LogP contribution in [0.5, 0.6) is 0 Å². The van der Waals surface area contributed by atoms with E-state index in [9.17, 15) is 4.79 Å². The van der Waals surface area contributed by atoms with Crippen molar-refractivity contribution in [2.75, 3.05) is 5.32 Å². The zero-order valence-corrected chi connectivity index (χ0v) is 10.3. The number of hydrogen-bond acceptors (Lipinski definition) is 4. The fourth-order valence-corrected chi connectivity index (χ4v) is 1.25. The number of hydrogen-bond donors (Lipinski definition) is 2. The maximum atomic E-state index is 11.8. The first-order chi connectivity index (χ1) is 8.44. The third kappa shape index (κ3) is 2.85. The summed E-state index contributed by atoms with van der Waals surface area (Å²) in [6, 6.07) is 8.34. The molecule has 1 aromatic carbocycles. The van der Waals surface area contributed by atoms with E-state index in [1.807, 2.05) is 19.1 Å². The molecule has 92 valence electrons. The van der Waals surface area contributed by atoms with Crippen LogP contribution >= 0.6 is 0 Å². The van der Waals surface area contributed by atoms with Gasteiger partial charge in [-0.3, -0.25) is 4.79 Å². The largest absolute Gasteiger partial charge is 0.324 e. The maximum absolute atomic E-state index is 11.8. The average molecular weight is 242 g/mol. The van der Waals surface area contributed by atoms with Crippen LogP contribution in [-0.4, -0.2) is 11.4 Å². The molecule has 1 rings (SSSR count). The second-order valence-corrected chi connectivity index (χ2v) is 4.21. The average Bonchev–Trinajstić information content (AvgIpc) is 2.38. The number of nitriles is 2. The number of nitrogens with two attached hydrogens (primary N) is 1. The van der Waals surface area contributed by atoms with Crippen LogP contribution in [0.1, 0.15) is 31.4 Å². The van der Waals surface area contributed by atoms with Crippen molar-refractivity contribution >= 4 is 11.6 Å². The Hall–Kier alpha value is -2.37. The normalized spacial score (nSPS) is 12.9. The van der Waals surface area contributed by atoms with E-state index >= 15 is 0 Å². The van der Waals surface area contributed by atoms with Gasteiger partial charge in [-0.15, -0.1) is 0 Å². The van der Waals surface area contributed by atoms with Crippen molar-refractivity contribution in [2.45, 2.75) is 25.8 Å². The van der Waals surface area contributed by atoms with E-state index in [-0.39, 0.29) is 17.0 Å². The number of carbonyl (C=O) groups is 1. The van der Waals surface area contributed by atoms with E-state index < -0.39 is 5.54 Å². The second kappa shape index (κ2) is 5.31. The van der Waals surface area contributed by atoms with Gasteiger partial charge in [-0.1, -0.05) is 6.92 Å². The van der Waals surface area contributed by atoms with Gasteiger partial charge >= 0.3 is 0 Å². The smallest absolute Gasteiger partial charge is 0.244 e. The lowest BCUT2D eigenvalue weighted by Crippen LogP contribution is -2.47. The lowest BCUT2D eigenvalue weighted by Gasteiger charge is -2.21. The summed E-state index contributed by atoms with van der Waals surface area (Å²) in [6.45, 7) is 3.45. The van der Waals surface area contributed by atoms with Crippen molar-refractivity contribution in [3.63, 3.8) is 0 Å². The summed E-state index contributed by atoms with van der Waals surface area (Å²) in [5, 5.41) is 20.3. The predicted octanol–water partition coefficient (Wildman–Crippen LogP) is 1.50. The number of anilines is 1. The van der Waals surface area contributed by atoms with Crippen LogP contribution in [0.3, 0.4) is 0 Å². The predicted molar refractivity (Wildman–Crippen MR) is 67.4 cm³/mol. The van der Waals surface area contributed by atoms with Gasteiger partial charge in [0, 0.05) is 5.69 Å². The molecule has 5 nitrogen and oxygen atoms in total. The number of carbonyl (C=O) groups excluding carboxylic acids is 1. The fourth-order valence-electron chi connectivity index (χ4n) is 1.25. The highest BCUT2D eigenvalue weighted by Crippen LogP contribution is 2.16. The van der Waals surface area contributed by atoms with Gasteiger partial charge in [-0.05, 0) is 31.5 Å². The Morgan fingerprint density at radius 2 is 2.00 bits per heavy atom. The molecule has 0 heterocycles. The molecule has 18 heavy (non-hydrogen) atoms. The first-order valence-corrected chi connectivity index (χ1v) is 5.49. The zero-order chi connectivity index (χ0) is 13.8. The lowest BCUT2D eigenvalue weighted by atomic mass is 9.99. The monoisotopic (exact) mass is 242 g/mol. The van der Waals surface area contributed by atoms with Gasteiger partial charge < -0.3 is 11.1 Å². The molecule has 3 N–H and O–H groups in total. The number of benzene rings is 1. The highest BCUT2D eigenvalue weighted by molar-refractivity contribution is 5.97. The zero-order valence-electron chi connectivity index (χ0n) is 10.3. The first kappa shape index (κ1) is 13.7. The minimum Gasteiger partial charge on any atom is -0.324 e. The highest BCUT2D eigenvalue weighted by Gasteiger charge is 2.25. The van der Waals surface area contributed by atoms with Gasteiger partial charge in [0.05, 0.1) is 16.7 Å². The van der Waals surface area contributed by atoms with Gasteiger partial charge in [0.1, 0.15) is 12.1 Å². The summed E-state index contributed by atoms with van der Waals surface area (Å²) in [5.74, 6) is -0.321. The van der Waals surface area contributed by atoms with Gasteiger partial charge in [-0.25, -0.2) is 0 Å². The molecule has 0 aromatic heterocycles. The molecule has 1 unspecified atom stereocenters. The summed E-state index contributed by atoms with van der Waals surface area (Å²) in [4.78, 5) is 11.8. The number of nitrogens with zero attached hydrogens (tertiary/aromatic N) is 2. The Labute approximate surface area is 106 Å². The van der Waals surface area contributed by atoms with Crippen molar-refractivity contribution in [3.8, 4) is 12.1 Å². The molecule has 0 spiro atoms. The van der Waals surface area contributed by atoms with Gasteiger partial charge in [0.15, 0.2) is 0 Å². The van der Waals surface area contributed by atoms with Crippen LogP contribution < -0.4 is 11.1 Å². The molecule has 0 bridgehead atoms. The molecule has 0 aliphatic heterocycles. The summed E-state index contributed by atoms with van der Waals surface area (Å²) >= 11 is 0. The van der Waals surface area contributed by atoms with Gasteiger partial charge in [0.25, 0.3) is 0 Å². The number of rotatable bonds is 3. The van der Waals surface area contributed by atoms with E-state index in [4.69, 9.17) is 16.3 Å². The minimum absolute atomic E-state index is 0.227. The SMILES string of the molecule is CCC(C)(N)C(=O)Nc1ccc(C#N)c(C#N)c1. The Balaban J connectivity index is 2.98. The van der Waals surface area contributed by atoms with Crippen LogP contribution in [0.25, 0.3) is 0 Å². The molecule has 0 aliphatic rings. The van der Waals surface area contributed by atoms with E-state index in [2.05, 4.69) is 5.32 Å². The topological polar surface area (TPSA) is 103 Å². The summed E-state index contributed by atoms with van der Waals surface area (Å²) < 4.78 is 0. The van der Waals surface area contributed by atoms with E-state index in [1.54, 1.807) is 13.0 Å². The quantitative estimate of drug-likeness (QED) is 0.838. The molecular weight excluding hydrogens is 228 g/mol. The lowest BCUT2D eigenvalue weighted by molar-refractivity contribution is -0.120. The van der Waals surface area contributed by atoms with E-state index in [0.717, 1.165) is 0 Å². The van der Waals surface area contributed by atoms with E-state index in [1.165, 1.54) is 12.1 Å². The summed E-state index contributed by atoms with van der Waals surface area (Å²) in [5.41, 5.74) is 5.81. The highest BCUT2D eigenvalue weighted by atomic mass is 16.2. The van der Waals surface area contributed by atoms with Crippen molar-refractivity contribution < 1.29 is 4.79 Å². The Kier molecular flexibility index (Phi) is 4.04. The maximum Gasteiger partial charge on any atom is 0.244 e. The molecule has 1 atom stereocenters. The standard InChI is InChI=1S/C13H14N4O/c1-3-13(2,16)12(18)17-11-5-4-9(7-14)10(6-11)8-15/h4-6H,3,16H2,1-2H3,(H,17,18). The Morgan fingerprint density at radius 3 is 2.50 bits per heavy atom. The molecule has 0 aliphatic carbocycles. The summed E-state index contributed by atoms with van der Waals surface area (Å²) in [6.07, 6.45) is 0.500. The van der Waals surface area contributed by atoms with Crippen molar-refractivity contribution in [2.24, 2.45) is 5.73 Å². The molecule has 0 radical (unpaired) electrons. The first-order valence-electron chi connectivity index (χ1n) is 5.49. The molecule has 1 amide bonds. The fraction of sp³-hybridized carbons (Fsp3) is 0.308. The van der Waals surface area contributed by atoms with Gasteiger partial charge in [-0.2, -0.15) is 10.5 Å². The minimum atomic E-state index is -0.958. The Morgan fingerprint density at radius 1 is 1.39 bits per heavy atom. The Bertz CT molecular complexity index is 549. The third-order valence-electron chi connectivity index (χ3n) is 2.77. The van der Waals surface area contributed by atoms with Crippen molar-refractivity contribution in [1.29, 1.82) is 10.5 Å². The number of nitrogens with one attached hydrogen (secondary N) is 1. The summed E-state index contributed by atoms with van der Waals surface area (Å²) in [7, 11) is 0. The molecule has 5 heteroatoms. The van der Waals surface area contributed by atoms with Crippen LogP contribution in [-0.2, 0) is 4.79 Å². The molecule has 0 saturated carbocycles. The van der Waals surface area contributed by atoms with Crippen LogP contribution in [0.2, 0.25) is 0 Å². The van der Waals surface area contributed by atoms with E-state index in [0.29, 0.717) is 12.1 Å². The molecule has 0 saturated heterocycles. The van der Waals surface area contributed by atoms with Crippen molar-refractivity contribution in [3.05, 3.63) is 29.3 Å². The second-order valence-electron chi connectivity index (χ2n) is 4.21. The van der Waals surface area contributed by atoms with Crippen molar-refractivity contribution in [1.82, 2.24) is 0 Å². The van der Waals surface area contributed by atoms with Crippen LogP contribution in [0.15, 0.2) is 18.2 Å². The molecule has 1 aromatic rings. The van der Waals surface area contributed by atoms with Crippen LogP contribution in [0, 0.1) is 22.7 Å².